The molecular formula is C13H18N2O3S2. The third-order valence-electron chi connectivity index (χ3n) is 3.39. The molecule has 2 rings (SSSR count). The number of aryl methyl sites for hydroxylation is 1. The summed E-state index contributed by atoms with van der Waals surface area (Å²) < 4.78 is 22.6. The minimum Gasteiger partial charge on any atom is -0.345 e. The van der Waals surface area contributed by atoms with Gasteiger partial charge in [0.25, 0.3) is 0 Å². The van der Waals surface area contributed by atoms with Crippen LogP contribution in [0.1, 0.15) is 17.0 Å². The zero-order valence-electron chi connectivity index (χ0n) is 11.6. The Morgan fingerprint density at radius 1 is 1.55 bits per heavy atom. The number of carbonyl (C=O) groups is 1. The number of thiazole rings is 1. The van der Waals surface area contributed by atoms with E-state index < -0.39 is 9.84 Å². The number of nitrogens with zero attached hydrogens (tertiary/aromatic N) is 2. The number of sulfone groups is 1. The number of likely N-dealkylation sites (N-methyl/N-ethyl adjacent to an activating group) is 1. The lowest BCUT2D eigenvalue weighted by Crippen LogP contribution is -2.30. The molecule has 0 fully saturated rings. The maximum atomic E-state index is 12.0. The summed E-state index contributed by atoms with van der Waals surface area (Å²) in [5.41, 5.74) is 2.82. The van der Waals surface area contributed by atoms with Gasteiger partial charge >= 0.3 is 0 Å². The van der Waals surface area contributed by atoms with Gasteiger partial charge in [-0.15, -0.1) is 11.3 Å². The molecule has 7 heteroatoms. The first-order chi connectivity index (χ1) is 9.37. The molecule has 1 amide bonds. The van der Waals surface area contributed by atoms with Crippen LogP contribution < -0.4 is 0 Å². The summed E-state index contributed by atoms with van der Waals surface area (Å²) in [6, 6.07) is 0. The highest BCUT2D eigenvalue weighted by Gasteiger charge is 2.25. The molecule has 0 spiro atoms. The van der Waals surface area contributed by atoms with Crippen LogP contribution in [0.3, 0.4) is 0 Å². The van der Waals surface area contributed by atoms with Gasteiger partial charge < -0.3 is 4.90 Å². The van der Waals surface area contributed by atoms with Crippen molar-refractivity contribution >= 4 is 27.1 Å². The normalized spacial score (nSPS) is 20.2. The van der Waals surface area contributed by atoms with Gasteiger partial charge in [-0.2, -0.15) is 0 Å². The van der Waals surface area contributed by atoms with Crippen molar-refractivity contribution in [2.24, 2.45) is 5.92 Å². The lowest BCUT2D eigenvalue weighted by molar-refractivity contribution is -0.130. The molecule has 0 N–H and O–H groups in total. The lowest BCUT2D eigenvalue weighted by Gasteiger charge is -2.18. The lowest BCUT2D eigenvalue weighted by atomic mass is 10.1. The molecule has 1 aromatic heterocycles. The Balaban J connectivity index is 1.81. The molecule has 2 heterocycles. The maximum absolute atomic E-state index is 12.0. The van der Waals surface area contributed by atoms with Crippen molar-refractivity contribution < 1.29 is 13.2 Å². The minimum absolute atomic E-state index is 0.0149. The minimum atomic E-state index is -3.08. The zero-order chi connectivity index (χ0) is 14.8. The predicted molar refractivity (Wildman–Crippen MR) is 79.2 cm³/mol. The first-order valence-corrected chi connectivity index (χ1v) is 9.01. The highest BCUT2D eigenvalue weighted by atomic mass is 32.2. The smallest absolute Gasteiger partial charge is 0.222 e. The summed E-state index contributed by atoms with van der Waals surface area (Å²) in [5.74, 6) is -0.139. The van der Waals surface area contributed by atoms with Crippen molar-refractivity contribution in [2.45, 2.75) is 19.8 Å². The van der Waals surface area contributed by atoms with E-state index in [0.717, 1.165) is 12.1 Å². The summed E-state index contributed by atoms with van der Waals surface area (Å²) in [4.78, 5) is 19.1. The van der Waals surface area contributed by atoms with Crippen LogP contribution in [0, 0.1) is 12.8 Å². The van der Waals surface area contributed by atoms with Crippen molar-refractivity contribution in [3.8, 4) is 0 Å². The highest BCUT2D eigenvalue weighted by molar-refractivity contribution is 7.94. The van der Waals surface area contributed by atoms with Crippen LogP contribution in [-0.4, -0.2) is 43.6 Å². The van der Waals surface area contributed by atoms with Crippen molar-refractivity contribution in [2.75, 3.05) is 19.3 Å². The van der Waals surface area contributed by atoms with E-state index in [1.807, 2.05) is 6.92 Å². The molecule has 0 radical (unpaired) electrons. The maximum Gasteiger partial charge on any atom is 0.222 e. The van der Waals surface area contributed by atoms with Gasteiger partial charge in [0.15, 0.2) is 9.84 Å². The van der Waals surface area contributed by atoms with E-state index in [0.29, 0.717) is 6.54 Å². The van der Waals surface area contributed by atoms with Gasteiger partial charge in [-0.25, -0.2) is 13.4 Å². The molecule has 110 valence electrons. The van der Waals surface area contributed by atoms with Gasteiger partial charge in [0.1, 0.15) is 0 Å². The molecule has 1 aliphatic heterocycles. The summed E-state index contributed by atoms with van der Waals surface area (Å²) in [5, 5.41) is 1.21. The molecule has 1 atom stereocenters. The van der Waals surface area contributed by atoms with Gasteiger partial charge in [0.2, 0.25) is 5.91 Å². The number of allylic oxidation sites excluding steroid dienone is 1. The summed E-state index contributed by atoms with van der Waals surface area (Å²) in [6.07, 6.45) is 2.67. The quantitative estimate of drug-likeness (QED) is 0.824. The molecular weight excluding hydrogens is 296 g/mol. The number of carbonyl (C=O) groups excluding carboxylic acids is 1. The standard InChI is InChI=1S/C13H18N2O3S2/c1-10-12(19-9-14-10)3-5-15(2)13(16)7-11-4-6-20(17,18)8-11/h4,6,9,11H,3,5,7-8H2,1-2H3/t11-/m1/s1. The van der Waals surface area contributed by atoms with Crippen LogP contribution >= 0.6 is 11.3 Å². The summed E-state index contributed by atoms with van der Waals surface area (Å²) in [6.45, 7) is 2.59. The van der Waals surface area contributed by atoms with Crippen LogP contribution in [0.25, 0.3) is 0 Å². The Morgan fingerprint density at radius 3 is 2.85 bits per heavy atom. The Labute approximate surface area is 123 Å². The fraction of sp³-hybridized carbons (Fsp3) is 0.538. The SMILES string of the molecule is Cc1ncsc1CCN(C)C(=O)C[C@H]1C=CS(=O)(=O)C1. The predicted octanol–water partition coefficient (Wildman–Crippen LogP) is 1.40. The number of aromatic nitrogens is 1. The van der Waals surface area contributed by atoms with E-state index in [1.165, 1.54) is 10.3 Å². The molecule has 0 bridgehead atoms. The van der Waals surface area contributed by atoms with Crippen molar-refractivity contribution in [1.29, 1.82) is 0 Å². The third-order valence-corrected chi connectivity index (χ3v) is 5.85. The average molecular weight is 314 g/mol. The summed E-state index contributed by atoms with van der Waals surface area (Å²) >= 11 is 1.60. The average Bonchev–Trinajstić information content (AvgIpc) is 2.92. The van der Waals surface area contributed by atoms with E-state index in [4.69, 9.17) is 0 Å². The Hall–Kier alpha value is -1.21. The van der Waals surface area contributed by atoms with E-state index >= 15 is 0 Å². The van der Waals surface area contributed by atoms with Gasteiger partial charge in [0.05, 0.1) is 17.0 Å². The Kier molecular flexibility index (Phi) is 4.59. The molecule has 0 unspecified atom stereocenters. The van der Waals surface area contributed by atoms with E-state index in [-0.39, 0.29) is 24.0 Å². The van der Waals surface area contributed by atoms with Crippen molar-refractivity contribution in [3.05, 3.63) is 27.6 Å². The van der Waals surface area contributed by atoms with Gasteiger partial charge in [0, 0.05) is 42.6 Å². The Bertz CT molecular complexity index is 619. The second-order valence-corrected chi connectivity index (χ2v) is 7.92. The fourth-order valence-corrected chi connectivity index (χ4v) is 4.28. The largest absolute Gasteiger partial charge is 0.345 e. The number of hydrogen-bond donors (Lipinski definition) is 0. The molecule has 5 nitrogen and oxygen atoms in total. The van der Waals surface area contributed by atoms with Gasteiger partial charge in [-0.3, -0.25) is 4.79 Å². The van der Waals surface area contributed by atoms with Crippen LogP contribution in [-0.2, 0) is 21.1 Å². The van der Waals surface area contributed by atoms with Gasteiger partial charge in [-0.1, -0.05) is 6.08 Å². The Morgan fingerprint density at radius 2 is 2.30 bits per heavy atom. The topological polar surface area (TPSA) is 67.3 Å². The third kappa shape index (κ3) is 3.89. The zero-order valence-corrected chi connectivity index (χ0v) is 13.2. The van der Waals surface area contributed by atoms with Gasteiger partial charge in [-0.05, 0) is 6.92 Å². The van der Waals surface area contributed by atoms with E-state index in [1.54, 1.807) is 34.9 Å². The van der Waals surface area contributed by atoms with Crippen LogP contribution in [0.5, 0.6) is 0 Å². The van der Waals surface area contributed by atoms with E-state index in [9.17, 15) is 13.2 Å². The van der Waals surface area contributed by atoms with Crippen LogP contribution in [0.2, 0.25) is 0 Å². The van der Waals surface area contributed by atoms with E-state index in [2.05, 4.69) is 4.98 Å². The number of hydrogen-bond acceptors (Lipinski definition) is 5. The second-order valence-electron chi connectivity index (χ2n) is 5.05. The van der Waals surface area contributed by atoms with Crippen molar-refractivity contribution in [3.63, 3.8) is 0 Å². The summed E-state index contributed by atoms with van der Waals surface area (Å²) in [7, 11) is -1.32. The molecule has 0 aromatic carbocycles. The monoisotopic (exact) mass is 314 g/mol. The van der Waals surface area contributed by atoms with Crippen LogP contribution in [0.4, 0.5) is 0 Å². The molecule has 20 heavy (non-hydrogen) atoms. The highest BCUT2D eigenvalue weighted by Crippen LogP contribution is 2.19. The first kappa shape index (κ1) is 15.2. The number of rotatable bonds is 5. The molecule has 1 aromatic rings. The fourth-order valence-electron chi connectivity index (χ4n) is 2.11. The van der Waals surface area contributed by atoms with Crippen molar-refractivity contribution in [1.82, 2.24) is 9.88 Å². The first-order valence-electron chi connectivity index (χ1n) is 6.41. The molecule has 1 aliphatic rings. The molecule has 0 aliphatic carbocycles. The second kappa shape index (κ2) is 6.05. The van der Waals surface area contributed by atoms with Crippen LogP contribution in [0.15, 0.2) is 17.0 Å². The number of amides is 1. The molecule has 0 saturated carbocycles. The molecule has 0 saturated heterocycles.